The molecule has 0 atom stereocenters. The van der Waals surface area contributed by atoms with E-state index in [2.05, 4.69) is 38.7 Å². The van der Waals surface area contributed by atoms with Crippen LogP contribution in [0.5, 0.6) is 0 Å². The van der Waals surface area contributed by atoms with E-state index in [9.17, 15) is 0 Å². The highest BCUT2D eigenvalue weighted by molar-refractivity contribution is 5.25. The molecule has 0 unspecified atom stereocenters. The Morgan fingerprint density at radius 3 is 2.65 bits per heavy atom. The smallest absolute Gasteiger partial charge is 0.115 e. The summed E-state index contributed by atoms with van der Waals surface area (Å²) in [6.07, 6.45) is 15.5. The number of unbranched alkanes of at least 4 members (excludes halogenated alkanes) is 1. The molecule has 0 saturated heterocycles. The van der Waals surface area contributed by atoms with Crippen molar-refractivity contribution in [1.82, 2.24) is 0 Å². The Bertz CT molecular complexity index is 280. The minimum atomic E-state index is 0.402. The minimum Gasteiger partial charge on any atom is -0.491 e. The first-order valence-electron chi connectivity index (χ1n) is 6.93. The van der Waals surface area contributed by atoms with Crippen molar-refractivity contribution in [3.63, 3.8) is 0 Å². The first kappa shape index (κ1) is 14.1. The van der Waals surface area contributed by atoms with Crippen LogP contribution in [0.1, 0.15) is 58.8 Å². The van der Waals surface area contributed by atoms with E-state index in [0.717, 1.165) is 17.8 Å². The van der Waals surface area contributed by atoms with Gasteiger partial charge in [0, 0.05) is 0 Å². The SMILES string of the molecule is C=C(OC1CCCCC1)/C(C)=C\C=C/CCC. The summed E-state index contributed by atoms with van der Waals surface area (Å²) in [6, 6.07) is 0. The summed E-state index contributed by atoms with van der Waals surface area (Å²) in [7, 11) is 0. The molecule has 1 nitrogen and oxygen atoms in total. The molecule has 96 valence electrons. The Kier molecular flexibility index (Phi) is 6.76. The van der Waals surface area contributed by atoms with Gasteiger partial charge in [-0.25, -0.2) is 0 Å². The summed E-state index contributed by atoms with van der Waals surface area (Å²) in [4.78, 5) is 0. The van der Waals surface area contributed by atoms with Gasteiger partial charge >= 0.3 is 0 Å². The second-order valence-electron chi connectivity index (χ2n) is 4.87. The summed E-state index contributed by atoms with van der Waals surface area (Å²) in [6.45, 7) is 8.28. The molecule has 0 amide bonds. The standard InChI is InChI=1S/C16H26O/c1-4-5-6-8-11-14(2)15(3)17-16-12-9-7-10-13-16/h6,8,11,16H,3-5,7,9-10,12-13H2,1-2H3/b8-6-,14-11-. The molecule has 1 aliphatic rings. The van der Waals surface area contributed by atoms with Crippen molar-refractivity contribution in [3.8, 4) is 0 Å². The molecule has 1 aliphatic carbocycles. The third kappa shape index (κ3) is 5.76. The predicted molar refractivity (Wildman–Crippen MR) is 74.9 cm³/mol. The van der Waals surface area contributed by atoms with Crippen molar-refractivity contribution in [2.24, 2.45) is 0 Å². The molecule has 0 aliphatic heterocycles. The van der Waals surface area contributed by atoms with Gasteiger partial charge in [0.1, 0.15) is 5.76 Å². The zero-order valence-corrected chi connectivity index (χ0v) is 11.4. The molecule has 0 bridgehead atoms. The van der Waals surface area contributed by atoms with Crippen molar-refractivity contribution in [3.05, 3.63) is 36.1 Å². The highest BCUT2D eigenvalue weighted by Crippen LogP contribution is 2.24. The van der Waals surface area contributed by atoms with E-state index >= 15 is 0 Å². The number of rotatable bonds is 6. The Hall–Kier alpha value is -0.980. The molecule has 0 spiro atoms. The lowest BCUT2D eigenvalue weighted by atomic mass is 9.98. The van der Waals surface area contributed by atoms with Crippen LogP contribution in [-0.4, -0.2) is 6.10 Å². The highest BCUT2D eigenvalue weighted by Gasteiger charge is 2.15. The van der Waals surface area contributed by atoms with Gasteiger partial charge in [-0.2, -0.15) is 0 Å². The van der Waals surface area contributed by atoms with Gasteiger partial charge in [-0.1, -0.05) is 44.6 Å². The quantitative estimate of drug-likeness (QED) is 0.456. The lowest BCUT2D eigenvalue weighted by Gasteiger charge is -2.24. The Labute approximate surface area is 106 Å². The van der Waals surface area contributed by atoms with Gasteiger partial charge in [-0.15, -0.1) is 0 Å². The normalized spacial score (nSPS) is 18.6. The van der Waals surface area contributed by atoms with E-state index in [1.807, 2.05) is 0 Å². The van der Waals surface area contributed by atoms with Crippen LogP contribution in [0.2, 0.25) is 0 Å². The first-order chi connectivity index (χ1) is 8.24. The Morgan fingerprint density at radius 1 is 1.29 bits per heavy atom. The van der Waals surface area contributed by atoms with Gasteiger partial charge in [0.15, 0.2) is 0 Å². The topological polar surface area (TPSA) is 9.23 Å². The monoisotopic (exact) mass is 234 g/mol. The number of hydrogen-bond acceptors (Lipinski definition) is 1. The molecule has 0 N–H and O–H groups in total. The average Bonchev–Trinajstić information content (AvgIpc) is 2.35. The number of allylic oxidation sites excluding steroid dienone is 4. The summed E-state index contributed by atoms with van der Waals surface area (Å²) < 4.78 is 5.91. The van der Waals surface area contributed by atoms with E-state index < -0.39 is 0 Å². The molecule has 0 aromatic heterocycles. The molecule has 0 aromatic rings. The second kappa shape index (κ2) is 8.16. The van der Waals surface area contributed by atoms with Crippen LogP contribution < -0.4 is 0 Å². The molecular weight excluding hydrogens is 208 g/mol. The van der Waals surface area contributed by atoms with Crippen LogP contribution in [0.15, 0.2) is 36.1 Å². The van der Waals surface area contributed by atoms with E-state index in [4.69, 9.17) is 4.74 Å². The van der Waals surface area contributed by atoms with Crippen molar-refractivity contribution in [1.29, 1.82) is 0 Å². The van der Waals surface area contributed by atoms with Crippen LogP contribution in [0.3, 0.4) is 0 Å². The van der Waals surface area contributed by atoms with Gasteiger partial charge in [0.2, 0.25) is 0 Å². The molecule has 1 saturated carbocycles. The maximum atomic E-state index is 5.91. The fourth-order valence-electron chi connectivity index (χ4n) is 2.05. The molecule has 0 radical (unpaired) electrons. The van der Waals surface area contributed by atoms with Gasteiger partial charge in [0.25, 0.3) is 0 Å². The fourth-order valence-corrected chi connectivity index (χ4v) is 2.05. The molecule has 1 heteroatoms. The van der Waals surface area contributed by atoms with Crippen LogP contribution in [0.4, 0.5) is 0 Å². The number of hydrogen-bond donors (Lipinski definition) is 0. The van der Waals surface area contributed by atoms with Gasteiger partial charge in [-0.3, -0.25) is 0 Å². The molecular formula is C16H26O. The van der Waals surface area contributed by atoms with Crippen molar-refractivity contribution < 1.29 is 4.74 Å². The zero-order valence-electron chi connectivity index (χ0n) is 11.4. The molecule has 17 heavy (non-hydrogen) atoms. The maximum absolute atomic E-state index is 5.91. The summed E-state index contributed by atoms with van der Waals surface area (Å²) in [5.74, 6) is 0.845. The maximum Gasteiger partial charge on any atom is 0.115 e. The largest absolute Gasteiger partial charge is 0.491 e. The van der Waals surface area contributed by atoms with Crippen molar-refractivity contribution in [2.75, 3.05) is 0 Å². The Morgan fingerprint density at radius 2 is 2.00 bits per heavy atom. The van der Waals surface area contributed by atoms with E-state index in [1.54, 1.807) is 0 Å². The predicted octanol–water partition coefficient (Wildman–Crippen LogP) is 5.15. The van der Waals surface area contributed by atoms with Gasteiger partial charge in [-0.05, 0) is 44.6 Å². The Balaban J connectivity index is 2.34. The summed E-state index contributed by atoms with van der Waals surface area (Å²) in [5.41, 5.74) is 1.14. The van der Waals surface area contributed by atoms with Crippen LogP contribution >= 0.6 is 0 Å². The lowest BCUT2D eigenvalue weighted by Crippen LogP contribution is -2.16. The lowest BCUT2D eigenvalue weighted by molar-refractivity contribution is 0.0883. The molecule has 1 rings (SSSR count). The summed E-state index contributed by atoms with van der Waals surface area (Å²) in [5, 5.41) is 0. The van der Waals surface area contributed by atoms with E-state index in [-0.39, 0.29) is 0 Å². The van der Waals surface area contributed by atoms with Gasteiger partial charge < -0.3 is 4.74 Å². The van der Waals surface area contributed by atoms with Crippen molar-refractivity contribution in [2.45, 2.75) is 64.9 Å². The molecule has 1 fully saturated rings. The molecule has 0 heterocycles. The van der Waals surface area contributed by atoms with Crippen LogP contribution in [0.25, 0.3) is 0 Å². The highest BCUT2D eigenvalue weighted by atomic mass is 16.5. The first-order valence-corrected chi connectivity index (χ1v) is 6.93. The van der Waals surface area contributed by atoms with Crippen LogP contribution in [0, 0.1) is 0 Å². The van der Waals surface area contributed by atoms with Crippen LogP contribution in [-0.2, 0) is 4.74 Å². The molecule has 0 aromatic carbocycles. The third-order valence-electron chi connectivity index (χ3n) is 3.24. The summed E-state index contributed by atoms with van der Waals surface area (Å²) >= 11 is 0. The van der Waals surface area contributed by atoms with Gasteiger partial charge in [0.05, 0.1) is 6.10 Å². The fraction of sp³-hybridized carbons (Fsp3) is 0.625. The number of ether oxygens (including phenoxy) is 1. The van der Waals surface area contributed by atoms with E-state index in [0.29, 0.717) is 6.10 Å². The third-order valence-corrected chi connectivity index (χ3v) is 3.24. The second-order valence-corrected chi connectivity index (χ2v) is 4.87. The van der Waals surface area contributed by atoms with Crippen molar-refractivity contribution >= 4 is 0 Å². The zero-order chi connectivity index (χ0) is 12.5. The average molecular weight is 234 g/mol. The van der Waals surface area contributed by atoms with E-state index in [1.165, 1.54) is 38.5 Å². The minimum absolute atomic E-state index is 0.402.